The van der Waals surface area contributed by atoms with Crippen LogP contribution in [-0.2, 0) is 6.54 Å². The number of hydrogen-bond acceptors (Lipinski definition) is 3. The molecular weight excluding hydrogens is 264 g/mol. The monoisotopic (exact) mass is 278 g/mol. The Morgan fingerprint density at radius 3 is 2.89 bits per heavy atom. The number of nitrogens with zero attached hydrogens (tertiary/aromatic N) is 2. The number of rotatable bonds is 4. The minimum atomic E-state index is -0.0707. The van der Waals surface area contributed by atoms with E-state index in [9.17, 15) is 4.79 Å². The van der Waals surface area contributed by atoms with Crippen molar-refractivity contribution in [2.45, 2.75) is 6.54 Å². The molecule has 100 valence electrons. The number of benzene rings is 1. The fourth-order valence-electron chi connectivity index (χ4n) is 1.66. The van der Waals surface area contributed by atoms with Crippen molar-refractivity contribution in [1.29, 1.82) is 0 Å². The van der Waals surface area contributed by atoms with Gasteiger partial charge in [-0.3, -0.25) is 4.79 Å². The maximum atomic E-state index is 12.1. The lowest BCUT2D eigenvalue weighted by atomic mass is 10.1. The number of hydrogen-bond donors (Lipinski definition) is 2. The molecule has 0 bridgehead atoms. The third-order valence-electron chi connectivity index (χ3n) is 2.62. The van der Waals surface area contributed by atoms with E-state index in [1.807, 2.05) is 0 Å². The normalized spacial score (nSPS) is 10.3. The second-order valence-electron chi connectivity index (χ2n) is 4.28. The van der Waals surface area contributed by atoms with Crippen molar-refractivity contribution in [2.75, 3.05) is 19.4 Å². The summed E-state index contributed by atoms with van der Waals surface area (Å²) in [5, 5.41) is 3.75. The number of aromatic nitrogens is 2. The van der Waals surface area contributed by atoms with Gasteiger partial charge in [-0.1, -0.05) is 11.6 Å². The molecule has 6 heteroatoms. The summed E-state index contributed by atoms with van der Waals surface area (Å²) >= 11 is 5.97. The standard InChI is InChI=1S/C13H15ClN4O/c1-18(2)13(19)10-4-3-9(14)7-11(10)17-8-12-15-5-6-16-12/h3-7,17H,8H2,1-2H3,(H,15,16). The Morgan fingerprint density at radius 1 is 1.47 bits per heavy atom. The minimum Gasteiger partial charge on any atom is -0.377 e. The molecule has 0 saturated carbocycles. The second-order valence-corrected chi connectivity index (χ2v) is 4.72. The highest BCUT2D eigenvalue weighted by Crippen LogP contribution is 2.22. The summed E-state index contributed by atoms with van der Waals surface area (Å²) in [6.45, 7) is 0.501. The van der Waals surface area contributed by atoms with Gasteiger partial charge >= 0.3 is 0 Å². The maximum absolute atomic E-state index is 12.1. The Hall–Kier alpha value is -2.01. The van der Waals surface area contributed by atoms with E-state index in [-0.39, 0.29) is 5.91 Å². The van der Waals surface area contributed by atoms with Crippen molar-refractivity contribution in [2.24, 2.45) is 0 Å². The van der Waals surface area contributed by atoms with Crippen molar-refractivity contribution in [3.63, 3.8) is 0 Å². The van der Waals surface area contributed by atoms with E-state index in [0.717, 1.165) is 5.82 Å². The molecule has 2 aromatic rings. The first kappa shape index (κ1) is 13.4. The zero-order valence-corrected chi connectivity index (χ0v) is 11.5. The van der Waals surface area contributed by atoms with Crippen LogP contribution in [0.15, 0.2) is 30.6 Å². The first-order valence-electron chi connectivity index (χ1n) is 5.81. The number of anilines is 1. The molecule has 19 heavy (non-hydrogen) atoms. The Kier molecular flexibility index (Phi) is 4.06. The summed E-state index contributed by atoms with van der Waals surface area (Å²) in [6, 6.07) is 5.16. The zero-order valence-electron chi connectivity index (χ0n) is 10.8. The summed E-state index contributed by atoms with van der Waals surface area (Å²) in [7, 11) is 3.43. The first-order chi connectivity index (χ1) is 9.08. The van der Waals surface area contributed by atoms with Gasteiger partial charge in [-0.2, -0.15) is 0 Å². The fraction of sp³-hybridized carbons (Fsp3) is 0.231. The van der Waals surface area contributed by atoms with E-state index in [1.165, 1.54) is 4.90 Å². The highest BCUT2D eigenvalue weighted by molar-refractivity contribution is 6.31. The molecule has 0 unspecified atom stereocenters. The molecule has 0 aliphatic heterocycles. The van der Waals surface area contributed by atoms with Crippen molar-refractivity contribution < 1.29 is 4.79 Å². The van der Waals surface area contributed by atoms with Crippen LogP contribution in [0.25, 0.3) is 0 Å². The lowest BCUT2D eigenvalue weighted by molar-refractivity contribution is 0.0828. The molecule has 0 atom stereocenters. The van der Waals surface area contributed by atoms with Crippen molar-refractivity contribution >= 4 is 23.2 Å². The molecular formula is C13H15ClN4O. The predicted octanol–water partition coefficient (Wildman–Crippen LogP) is 2.38. The third-order valence-corrected chi connectivity index (χ3v) is 2.85. The Labute approximate surface area is 116 Å². The van der Waals surface area contributed by atoms with Crippen molar-refractivity contribution in [3.8, 4) is 0 Å². The molecule has 0 spiro atoms. The van der Waals surface area contributed by atoms with Crippen LogP contribution >= 0.6 is 11.6 Å². The van der Waals surface area contributed by atoms with E-state index in [1.54, 1.807) is 44.7 Å². The van der Waals surface area contributed by atoms with Crippen LogP contribution in [0.1, 0.15) is 16.2 Å². The van der Waals surface area contributed by atoms with Crippen molar-refractivity contribution in [3.05, 3.63) is 47.0 Å². The van der Waals surface area contributed by atoms with Gasteiger partial charge in [0.15, 0.2) is 0 Å². The van der Waals surface area contributed by atoms with E-state index in [0.29, 0.717) is 22.8 Å². The van der Waals surface area contributed by atoms with Gasteiger partial charge in [0.05, 0.1) is 12.1 Å². The Bertz CT molecular complexity index is 566. The quantitative estimate of drug-likeness (QED) is 0.903. The summed E-state index contributed by atoms with van der Waals surface area (Å²) in [5.74, 6) is 0.724. The topological polar surface area (TPSA) is 61.0 Å². The Morgan fingerprint density at radius 2 is 2.26 bits per heavy atom. The molecule has 1 amide bonds. The maximum Gasteiger partial charge on any atom is 0.255 e. The summed E-state index contributed by atoms with van der Waals surface area (Å²) in [5.41, 5.74) is 1.28. The fourth-order valence-corrected chi connectivity index (χ4v) is 1.84. The molecule has 1 aromatic heterocycles. The SMILES string of the molecule is CN(C)C(=O)c1ccc(Cl)cc1NCc1ncc[nH]1. The summed E-state index contributed by atoms with van der Waals surface area (Å²) in [6.07, 6.45) is 3.43. The number of halogens is 1. The Balaban J connectivity index is 2.22. The zero-order chi connectivity index (χ0) is 13.8. The smallest absolute Gasteiger partial charge is 0.255 e. The molecule has 0 fully saturated rings. The van der Waals surface area contributed by atoms with Crippen LogP contribution in [0.2, 0.25) is 5.02 Å². The number of carbonyl (C=O) groups excluding carboxylic acids is 1. The molecule has 1 aromatic carbocycles. The number of imidazole rings is 1. The molecule has 5 nitrogen and oxygen atoms in total. The van der Waals surface area contributed by atoms with Crippen LogP contribution in [-0.4, -0.2) is 34.9 Å². The lowest BCUT2D eigenvalue weighted by Gasteiger charge is -2.15. The highest BCUT2D eigenvalue weighted by atomic mass is 35.5. The molecule has 0 radical (unpaired) electrons. The molecule has 0 aliphatic carbocycles. The molecule has 1 heterocycles. The van der Waals surface area contributed by atoms with E-state index >= 15 is 0 Å². The van der Waals surface area contributed by atoms with Crippen LogP contribution in [0.4, 0.5) is 5.69 Å². The van der Waals surface area contributed by atoms with Crippen LogP contribution in [0, 0.1) is 0 Å². The number of carbonyl (C=O) groups is 1. The van der Waals surface area contributed by atoms with Gasteiger partial charge in [-0.05, 0) is 18.2 Å². The molecule has 2 N–H and O–H groups in total. The van der Waals surface area contributed by atoms with Gasteiger partial charge in [0.25, 0.3) is 5.91 Å². The number of H-pyrrole nitrogens is 1. The molecule has 0 saturated heterocycles. The van der Waals surface area contributed by atoms with E-state index in [2.05, 4.69) is 15.3 Å². The third kappa shape index (κ3) is 3.26. The number of aromatic amines is 1. The average Bonchev–Trinajstić information content (AvgIpc) is 2.88. The largest absolute Gasteiger partial charge is 0.377 e. The first-order valence-corrected chi connectivity index (χ1v) is 6.19. The second kappa shape index (κ2) is 5.75. The van der Waals surface area contributed by atoms with Gasteiger partial charge < -0.3 is 15.2 Å². The van der Waals surface area contributed by atoms with E-state index in [4.69, 9.17) is 11.6 Å². The minimum absolute atomic E-state index is 0.0707. The summed E-state index contributed by atoms with van der Waals surface area (Å²) < 4.78 is 0. The van der Waals surface area contributed by atoms with Crippen molar-refractivity contribution in [1.82, 2.24) is 14.9 Å². The highest BCUT2D eigenvalue weighted by Gasteiger charge is 2.13. The molecule has 2 rings (SSSR count). The average molecular weight is 279 g/mol. The van der Waals surface area contributed by atoms with Crippen LogP contribution in [0.5, 0.6) is 0 Å². The van der Waals surface area contributed by atoms with Crippen LogP contribution in [0.3, 0.4) is 0 Å². The van der Waals surface area contributed by atoms with Gasteiger partial charge in [-0.15, -0.1) is 0 Å². The number of amides is 1. The van der Waals surface area contributed by atoms with E-state index < -0.39 is 0 Å². The van der Waals surface area contributed by atoms with Crippen LogP contribution < -0.4 is 5.32 Å². The molecule has 0 aliphatic rings. The summed E-state index contributed by atoms with van der Waals surface area (Å²) in [4.78, 5) is 20.7. The van der Waals surface area contributed by atoms with Gasteiger partial charge in [0.2, 0.25) is 0 Å². The predicted molar refractivity (Wildman–Crippen MR) is 75.4 cm³/mol. The lowest BCUT2D eigenvalue weighted by Crippen LogP contribution is -2.23. The number of nitrogens with one attached hydrogen (secondary N) is 2. The van der Waals surface area contributed by atoms with Gasteiger partial charge in [-0.25, -0.2) is 4.98 Å². The van der Waals surface area contributed by atoms with Gasteiger partial charge in [0, 0.05) is 37.2 Å². The van der Waals surface area contributed by atoms with Gasteiger partial charge in [0.1, 0.15) is 5.82 Å².